The van der Waals surface area contributed by atoms with Crippen LogP contribution < -0.4 is 20.3 Å². The van der Waals surface area contributed by atoms with Gasteiger partial charge in [-0.1, -0.05) is 0 Å². The maximum Gasteiger partial charge on any atom is 0.257 e. The third-order valence-corrected chi connectivity index (χ3v) is 5.32. The zero-order valence-corrected chi connectivity index (χ0v) is 17.9. The summed E-state index contributed by atoms with van der Waals surface area (Å²) < 4.78 is 25.7. The van der Waals surface area contributed by atoms with E-state index >= 15 is 0 Å². The fraction of sp³-hybridized carbons (Fsp3) is 0.333. The van der Waals surface area contributed by atoms with E-state index in [9.17, 15) is 18.0 Å². The van der Waals surface area contributed by atoms with Crippen LogP contribution in [0.3, 0.4) is 0 Å². The average molecular weight is 431 g/mol. The van der Waals surface area contributed by atoms with Crippen molar-refractivity contribution in [2.24, 2.45) is 0 Å². The van der Waals surface area contributed by atoms with Gasteiger partial charge in [-0.3, -0.25) is 14.3 Å². The number of hydrogen-bond donors (Lipinski definition) is 3. The summed E-state index contributed by atoms with van der Waals surface area (Å²) in [6.07, 6.45) is 4.63. The highest BCUT2D eigenvalue weighted by Crippen LogP contribution is 2.25. The third-order valence-electron chi connectivity index (χ3n) is 4.73. The molecular weight excluding hydrogens is 404 g/mol. The van der Waals surface area contributed by atoms with E-state index in [0.717, 1.165) is 25.0 Å². The molecule has 2 amide bonds. The second-order valence-corrected chi connectivity index (χ2v) is 9.11. The van der Waals surface area contributed by atoms with Crippen molar-refractivity contribution < 1.29 is 18.0 Å². The van der Waals surface area contributed by atoms with Crippen LogP contribution in [0.2, 0.25) is 0 Å². The first kappa shape index (κ1) is 21.6. The number of nitrogens with one attached hydrogen (secondary N) is 3. The lowest BCUT2D eigenvalue weighted by molar-refractivity contribution is -0.114. The van der Waals surface area contributed by atoms with Crippen LogP contribution in [-0.2, 0) is 14.8 Å². The molecule has 0 unspecified atom stereocenters. The quantitative estimate of drug-likeness (QED) is 0.652. The molecule has 0 saturated carbocycles. The van der Waals surface area contributed by atoms with Crippen molar-refractivity contribution in [1.29, 1.82) is 0 Å². The highest BCUT2D eigenvalue weighted by molar-refractivity contribution is 7.92. The maximum absolute atomic E-state index is 12.9. The van der Waals surface area contributed by atoms with Crippen molar-refractivity contribution in [2.45, 2.75) is 26.2 Å². The van der Waals surface area contributed by atoms with Gasteiger partial charge >= 0.3 is 0 Å². The van der Waals surface area contributed by atoms with Crippen LogP contribution in [0.5, 0.6) is 0 Å². The van der Waals surface area contributed by atoms with E-state index < -0.39 is 15.9 Å². The van der Waals surface area contributed by atoms with Gasteiger partial charge in [-0.25, -0.2) is 8.42 Å². The van der Waals surface area contributed by atoms with Gasteiger partial charge in [-0.2, -0.15) is 0 Å². The number of carbonyl (C=O) groups excluding carboxylic acids is 2. The smallest absolute Gasteiger partial charge is 0.257 e. The lowest BCUT2D eigenvalue weighted by Gasteiger charge is -2.28. The van der Waals surface area contributed by atoms with Crippen LogP contribution in [0.4, 0.5) is 22.7 Å². The van der Waals surface area contributed by atoms with E-state index in [1.54, 1.807) is 0 Å². The Kier molecular flexibility index (Phi) is 6.61. The van der Waals surface area contributed by atoms with Crippen molar-refractivity contribution in [3.05, 3.63) is 48.0 Å². The molecule has 30 heavy (non-hydrogen) atoms. The molecule has 1 aliphatic rings. The molecule has 1 aliphatic heterocycles. The summed E-state index contributed by atoms with van der Waals surface area (Å²) in [5.41, 5.74) is 2.34. The van der Waals surface area contributed by atoms with Gasteiger partial charge in [0.1, 0.15) is 0 Å². The average Bonchev–Trinajstić information content (AvgIpc) is 2.69. The van der Waals surface area contributed by atoms with Gasteiger partial charge in [0.25, 0.3) is 5.91 Å². The van der Waals surface area contributed by atoms with Crippen LogP contribution in [0.15, 0.2) is 42.5 Å². The second kappa shape index (κ2) is 9.17. The minimum absolute atomic E-state index is 0.104. The number of rotatable bonds is 6. The number of benzene rings is 2. The molecule has 160 valence electrons. The lowest BCUT2D eigenvalue weighted by atomic mass is 10.1. The van der Waals surface area contributed by atoms with Crippen molar-refractivity contribution >= 4 is 44.6 Å². The summed E-state index contributed by atoms with van der Waals surface area (Å²) >= 11 is 0. The summed E-state index contributed by atoms with van der Waals surface area (Å²) in [6, 6.07) is 12.0. The first-order valence-electron chi connectivity index (χ1n) is 9.77. The molecule has 0 atom stereocenters. The largest absolute Gasteiger partial charge is 0.372 e. The summed E-state index contributed by atoms with van der Waals surface area (Å²) in [4.78, 5) is 26.5. The molecule has 0 aliphatic carbocycles. The molecule has 0 aromatic heterocycles. The molecule has 1 heterocycles. The van der Waals surface area contributed by atoms with Gasteiger partial charge in [-0.15, -0.1) is 0 Å². The van der Waals surface area contributed by atoms with Crippen LogP contribution in [0.25, 0.3) is 0 Å². The highest BCUT2D eigenvalue weighted by atomic mass is 32.2. The molecule has 2 aromatic rings. The number of nitrogens with zero attached hydrogens (tertiary/aromatic N) is 1. The number of hydrogen-bond acceptors (Lipinski definition) is 5. The zero-order valence-electron chi connectivity index (χ0n) is 17.1. The topological polar surface area (TPSA) is 108 Å². The molecule has 3 N–H and O–H groups in total. The van der Waals surface area contributed by atoms with E-state index in [0.29, 0.717) is 11.4 Å². The Hall–Kier alpha value is -3.07. The summed E-state index contributed by atoms with van der Waals surface area (Å²) in [5, 5.41) is 5.39. The summed E-state index contributed by atoms with van der Waals surface area (Å²) in [6.45, 7) is 3.41. The van der Waals surface area contributed by atoms with E-state index in [-0.39, 0.29) is 17.2 Å². The van der Waals surface area contributed by atoms with Gasteiger partial charge in [0.05, 0.1) is 17.5 Å². The molecule has 9 heteroatoms. The number of sulfonamides is 1. The fourth-order valence-corrected chi connectivity index (χ4v) is 3.99. The van der Waals surface area contributed by atoms with Crippen molar-refractivity contribution in [2.75, 3.05) is 39.6 Å². The Morgan fingerprint density at radius 3 is 2.13 bits per heavy atom. The molecule has 0 radical (unpaired) electrons. The Balaban J connectivity index is 1.81. The molecule has 2 aromatic carbocycles. The van der Waals surface area contributed by atoms with Crippen LogP contribution in [0, 0.1) is 0 Å². The van der Waals surface area contributed by atoms with E-state index in [1.807, 2.05) is 24.3 Å². The fourth-order valence-electron chi connectivity index (χ4n) is 3.41. The number of anilines is 4. The Labute approximate surface area is 176 Å². The molecule has 0 spiro atoms. The third kappa shape index (κ3) is 5.96. The Bertz CT molecular complexity index is 1030. The van der Waals surface area contributed by atoms with Gasteiger partial charge in [0.2, 0.25) is 15.9 Å². The number of amides is 2. The molecule has 1 fully saturated rings. The highest BCUT2D eigenvalue weighted by Gasteiger charge is 2.17. The maximum atomic E-state index is 12.9. The lowest BCUT2D eigenvalue weighted by Crippen LogP contribution is -2.29. The second-order valence-electron chi connectivity index (χ2n) is 7.36. The van der Waals surface area contributed by atoms with Crippen molar-refractivity contribution in [3.8, 4) is 0 Å². The summed E-state index contributed by atoms with van der Waals surface area (Å²) in [7, 11) is -3.58. The number of carbonyl (C=O) groups is 2. The molecule has 3 rings (SSSR count). The first-order chi connectivity index (χ1) is 14.2. The SMILES string of the molecule is CC(=O)Nc1ccc(NS(C)(=O)=O)c(C(=O)Nc2ccc(N3CCCCC3)cc2)c1. The molecular formula is C21H26N4O4S. The number of piperidine rings is 1. The van der Waals surface area contributed by atoms with Crippen LogP contribution in [0.1, 0.15) is 36.5 Å². The normalized spacial score (nSPS) is 14.1. The first-order valence-corrected chi connectivity index (χ1v) is 11.7. The van der Waals surface area contributed by atoms with Gasteiger partial charge in [0.15, 0.2) is 0 Å². The molecule has 1 saturated heterocycles. The van der Waals surface area contributed by atoms with Crippen LogP contribution >= 0.6 is 0 Å². The molecule has 8 nitrogen and oxygen atoms in total. The predicted octanol–water partition coefficient (Wildman–Crippen LogP) is 3.26. The Morgan fingerprint density at radius 1 is 0.900 bits per heavy atom. The van der Waals surface area contributed by atoms with E-state index in [4.69, 9.17) is 0 Å². The van der Waals surface area contributed by atoms with Crippen molar-refractivity contribution in [1.82, 2.24) is 0 Å². The monoisotopic (exact) mass is 430 g/mol. The van der Waals surface area contributed by atoms with Crippen molar-refractivity contribution in [3.63, 3.8) is 0 Å². The Morgan fingerprint density at radius 2 is 1.53 bits per heavy atom. The van der Waals surface area contributed by atoms with Gasteiger partial charge in [0, 0.05) is 37.1 Å². The van der Waals surface area contributed by atoms with Gasteiger partial charge < -0.3 is 15.5 Å². The minimum Gasteiger partial charge on any atom is -0.372 e. The van der Waals surface area contributed by atoms with Gasteiger partial charge in [-0.05, 0) is 61.7 Å². The van der Waals surface area contributed by atoms with E-state index in [2.05, 4.69) is 20.3 Å². The zero-order chi connectivity index (χ0) is 21.7. The van der Waals surface area contributed by atoms with Crippen LogP contribution in [-0.4, -0.2) is 39.6 Å². The predicted molar refractivity (Wildman–Crippen MR) is 120 cm³/mol. The minimum atomic E-state index is -3.58. The standard InChI is InChI=1S/C21H26N4O4S/c1-15(26)22-17-8-11-20(24-30(2,28)29)19(14-17)21(27)23-16-6-9-18(10-7-16)25-12-4-3-5-13-25/h6-11,14,24H,3-5,12-13H2,1-2H3,(H,22,26)(H,23,27). The van der Waals surface area contributed by atoms with E-state index in [1.165, 1.54) is 44.4 Å². The molecule has 0 bridgehead atoms. The summed E-state index contributed by atoms with van der Waals surface area (Å²) in [5.74, 6) is -0.780.